The lowest BCUT2D eigenvalue weighted by molar-refractivity contribution is -0.181. The molecule has 0 amide bonds. The van der Waals surface area contributed by atoms with E-state index in [2.05, 4.69) is 0 Å². The molecule has 102 valence electrons. The van der Waals surface area contributed by atoms with Gasteiger partial charge in [-0.25, -0.2) is 9.59 Å². The van der Waals surface area contributed by atoms with Gasteiger partial charge in [-0.05, 0) is 0 Å². The molecule has 2 atom stereocenters. The van der Waals surface area contributed by atoms with E-state index in [1.54, 1.807) is 0 Å². The Hall–Kier alpha value is -1.96. The van der Waals surface area contributed by atoms with Gasteiger partial charge in [-0.1, -0.05) is 41.9 Å². The minimum atomic E-state index is -3.72. The van der Waals surface area contributed by atoms with Crippen LogP contribution in [-0.4, -0.2) is 48.8 Å². The van der Waals surface area contributed by atoms with Gasteiger partial charge in [0.15, 0.2) is 0 Å². The van der Waals surface area contributed by atoms with Crippen LogP contribution in [0.1, 0.15) is 10.4 Å². The van der Waals surface area contributed by atoms with Crippen molar-refractivity contribution in [2.24, 2.45) is 0 Å². The molecule has 0 radical (unpaired) electrons. The zero-order valence-corrected chi connectivity index (χ0v) is 10.0. The maximum Gasteiger partial charge on any atom is 0.356 e. The summed E-state index contributed by atoms with van der Waals surface area (Å²) < 4.78 is 0. The van der Waals surface area contributed by atoms with Crippen LogP contribution in [0.25, 0.3) is 0 Å². The van der Waals surface area contributed by atoms with E-state index >= 15 is 0 Å². The number of ketones is 1. The van der Waals surface area contributed by atoms with Gasteiger partial charge in [0.05, 0.1) is 0 Å². The predicted octanol–water partition coefficient (Wildman–Crippen LogP) is -0.303. The lowest BCUT2D eigenvalue weighted by Crippen LogP contribution is -2.65. The fraction of sp³-hybridized carbons (Fsp3) is 0.182. The summed E-state index contributed by atoms with van der Waals surface area (Å²) in [7, 11) is 0. The molecule has 0 fully saturated rings. The summed E-state index contributed by atoms with van der Waals surface area (Å²) in [5, 5.41) is 33.1. The maximum atomic E-state index is 11.9. The van der Waals surface area contributed by atoms with E-state index in [0.29, 0.717) is 0 Å². The van der Waals surface area contributed by atoms with Gasteiger partial charge >= 0.3 is 11.9 Å². The van der Waals surface area contributed by atoms with E-state index in [-0.39, 0.29) is 5.56 Å². The van der Waals surface area contributed by atoms with Gasteiger partial charge in [0.2, 0.25) is 5.78 Å². The van der Waals surface area contributed by atoms with Crippen molar-refractivity contribution in [1.82, 2.24) is 0 Å². The summed E-state index contributed by atoms with van der Waals surface area (Å²) in [4.78, 5) is 33.7. The fourth-order valence-corrected chi connectivity index (χ4v) is 1.51. The Kier molecular flexibility index (Phi) is 3.94. The lowest BCUT2D eigenvalue weighted by Gasteiger charge is -2.30. The number of benzene rings is 1. The summed E-state index contributed by atoms with van der Waals surface area (Å²) in [6.07, 6.45) is 0. The molecule has 1 aromatic carbocycles. The number of carboxylic acid groups (broad SMARTS) is 2. The van der Waals surface area contributed by atoms with Gasteiger partial charge in [-0.15, -0.1) is 0 Å². The van der Waals surface area contributed by atoms with Gasteiger partial charge in [0.1, 0.15) is 0 Å². The van der Waals surface area contributed by atoms with Crippen LogP contribution in [0.2, 0.25) is 0 Å². The molecule has 19 heavy (non-hydrogen) atoms. The molecule has 1 aromatic rings. The van der Waals surface area contributed by atoms with Crippen molar-refractivity contribution in [1.29, 1.82) is 0 Å². The van der Waals surface area contributed by atoms with Gasteiger partial charge in [0.25, 0.3) is 10.7 Å². The predicted molar refractivity (Wildman–Crippen MR) is 61.8 cm³/mol. The number of carbonyl (C=O) groups is 3. The monoisotopic (exact) mass is 288 g/mol. The molecule has 2 unspecified atom stereocenters. The molecule has 7 nitrogen and oxygen atoms in total. The Morgan fingerprint density at radius 1 is 0.947 bits per heavy atom. The molecule has 0 aromatic heterocycles. The molecular weight excluding hydrogens is 280 g/mol. The molecule has 0 aliphatic heterocycles. The Morgan fingerprint density at radius 3 is 1.79 bits per heavy atom. The third-order valence-corrected chi connectivity index (χ3v) is 2.87. The number of rotatable bonds is 5. The normalized spacial score (nSPS) is 17.0. The second-order valence-corrected chi connectivity index (χ2v) is 4.18. The number of alkyl halides is 1. The largest absolute Gasteiger partial charge is 0.479 e. The van der Waals surface area contributed by atoms with Crippen molar-refractivity contribution in [2.45, 2.75) is 10.7 Å². The first-order valence-corrected chi connectivity index (χ1v) is 5.23. The quantitative estimate of drug-likeness (QED) is 0.332. The average Bonchev–Trinajstić information content (AvgIpc) is 2.37. The van der Waals surface area contributed by atoms with Gasteiger partial charge < -0.3 is 20.4 Å². The van der Waals surface area contributed by atoms with Crippen LogP contribution < -0.4 is 0 Å². The van der Waals surface area contributed by atoms with Crippen molar-refractivity contribution in [2.75, 3.05) is 0 Å². The summed E-state index contributed by atoms with van der Waals surface area (Å²) in [6.45, 7) is 0. The minimum absolute atomic E-state index is 0.312. The van der Waals surface area contributed by atoms with Crippen LogP contribution >= 0.6 is 11.6 Å². The first-order valence-electron chi connectivity index (χ1n) is 4.86. The molecule has 0 aliphatic carbocycles. The van der Waals surface area contributed by atoms with Crippen molar-refractivity contribution >= 4 is 29.3 Å². The number of carbonyl (C=O) groups excluding carboxylic acids is 1. The van der Waals surface area contributed by atoms with Crippen LogP contribution in [0.15, 0.2) is 30.3 Å². The highest BCUT2D eigenvalue weighted by Gasteiger charge is 2.65. The number of aliphatic hydroxyl groups is 2. The van der Waals surface area contributed by atoms with Crippen LogP contribution in [0, 0.1) is 0 Å². The van der Waals surface area contributed by atoms with Crippen molar-refractivity contribution in [3.05, 3.63) is 35.9 Å². The van der Waals surface area contributed by atoms with E-state index in [4.69, 9.17) is 21.8 Å². The van der Waals surface area contributed by atoms with Gasteiger partial charge in [-0.3, -0.25) is 4.79 Å². The van der Waals surface area contributed by atoms with Gasteiger partial charge in [0, 0.05) is 5.56 Å². The second-order valence-electron chi connectivity index (χ2n) is 3.64. The Balaban J connectivity index is 3.41. The number of hydrogen-bond donors (Lipinski definition) is 4. The molecule has 0 saturated heterocycles. The van der Waals surface area contributed by atoms with E-state index in [1.807, 2.05) is 0 Å². The molecule has 4 N–H and O–H groups in total. The highest BCUT2D eigenvalue weighted by atomic mass is 35.5. The Labute approximate surface area is 111 Å². The van der Waals surface area contributed by atoms with Crippen LogP contribution in [0.3, 0.4) is 0 Å². The van der Waals surface area contributed by atoms with E-state index in [1.165, 1.54) is 18.2 Å². The lowest BCUT2D eigenvalue weighted by atomic mass is 9.87. The molecule has 8 heteroatoms. The standard InChI is InChI=1S/C11H9ClO7/c12-11(19,9(16)17)10(18,8(14)15)7(13)6-4-2-1-3-5-6/h1-5,18-19H,(H,14,15)(H,16,17). The average molecular weight is 289 g/mol. The first kappa shape index (κ1) is 15.1. The third kappa shape index (κ3) is 2.30. The summed E-state index contributed by atoms with van der Waals surface area (Å²) >= 11 is 5.12. The summed E-state index contributed by atoms with van der Waals surface area (Å²) in [6, 6.07) is 6.53. The third-order valence-electron chi connectivity index (χ3n) is 2.44. The number of halogens is 1. The van der Waals surface area contributed by atoms with Crippen LogP contribution in [0.4, 0.5) is 0 Å². The van der Waals surface area contributed by atoms with E-state index in [0.717, 1.165) is 12.1 Å². The SMILES string of the molecule is O=C(O)C(O)(Cl)C(O)(C(=O)O)C(=O)c1ccccc1. The molecule has 0 saturated carbocycles. The zero-order valence-electron chi connectivity index (χ0n) is 9.28. The van der Waals surface area contributed by atoms with Crippen molar-refractivity contribution in [3.8, 4) is 0 Å². The fourth-order valence-electron chi connectivity index (χ4n) is 1.34. The molecular formula is C11H9ClO7. The number of aliphatic carboxylic acids is 2. The van der Waals surface area contributed by atoms with Crippen molar-refractivity contribution < 1.29 is 34.8 Å². The van der Waals surface area contributed by atoms with Crippen molar-refractivity contribution in [3.63, 3.8) is 0 Å². The first-order chi connectivity index (χ1) is 8.65. The van der Waals surface area contributed by atoms with Crippen LogP contribution in [0.5, 0.6) is 0 Å². The number of carboxylic acids is 2. The van der Waals surface area contributed by atoms with Gasteiger partial charge in [-0.2, -0.15) is 0 Å². The summed E-state index contributed by atoms with van der Waals surface area (Å²) in [5.74, 6) is -6.08. The molecule has 0 bridgehead atoms. The number of Topliss-reactive ketones (excluding diaryl/α,β-unsaturated/α-hetero) is 1. The van der Waals surface area contributed by atoms with E-state index < -0.39 is 28.4 Å². The molecule has 0 heterocycles. The highest BCUT2D eigenvalue weighted by Crippen LogP contribution is 2.31. The zero-order chi connectivity index (χ0) is 14.8. The second kappa shape index (κ2) is 4.96. The maximum absolute atomic E-state index is 11.9. The Morgan fingerprint density at radius 2 is 1.42 bits per heavy atom. The topological polar surface area (TPSA) is 132 Å². The highest BCUT2D eigenvalue weighted by molar-refractivity contribution is 6.39. The molecule has 0 spiro atoms. The Bertz CT molecular complexity index is 525. The van der Waals surface area contributed by atoms with E-state index in [9.17, 15) is 24.6 Å². The molecule has 1 rings (SSSR count). The molecule has 0 aliphatic rings. The minimum Gasteiger partial charge on any atom is -0.479 e. The smallest absolute Gasteiger partial charge is 0.356 e. The van der Waals surface area contributed by atoms with Crippen LogP contribution in [-0.2, 0) is 9.59 Å². The number of hydrogen-bond acceptors (Lipinski definition) is 5. The summed E-state index contributed by atoms with van der Waals surface area (Å²) in [5.41, 5.74) is -4.03.